The minimum atomic E-state index is -0.507. The lowest BCUT2D eigenvalue weighted by atomic mass is 9.98. The van der Waals surface area contributed by atoms with E-state index in [4.69, 9.17) is 4.74 Å². The van der Waals surface area contributed by atoms with Crippen molar-refractivity contribution < 1.29 is 9.53 Å². The normalized spacial score (nSPS) is 19.1. The van der Waals surface area contributed by atoms with E-state index < -0.39 is 6.10 Å². The Hall–Kier alpha value is -1.95. The monoisotopic (exact) mass is 345 g/mol. The van der Waals surface area contributed by atoms with Crippen molar-refractivity contribution in [3.8, 4) is 5.75 Å². The second-order valence-corrected chi connectivity index (χ2v) is 7.50. The lowest BCUT2D eigenvalue weighted by Crippen LogP contribution is -2.45. The van der Waals surface area contributed by atoms with Crippen LogP contribution in [0, 0.1) is 13.8 Å². The number of piperidine rings is 1. The molecule has 1 amide bonds. The van der Waals surface area contributed by atoms with Crippen molar-refractivity contribution in [2.24, 2.45) is 0 Å². The first-order chi connectivity index (χ1) is 11.5. The van der Waals surface area contributed by atoms with Crippen molar-refractivity contribution in [2.75, 3.05) is 13.1 Å². The molecule has 0 aliphatic carbocycles. The number of amides is 1. The van der Waals surface area contributed by atoms with Crippen LogP contribution in [0.2, 0.25) is 0 Å². The topological polar surface area (TPSA) is 55.3 Å². The predicted octanol–water partition coefficient (Wildman–Crippen LogP) is 3.33. The summed E-state index contributed by atoms with van der Waals surface area (Å²) in [6, 6.07) is 3.62. The summed E-state index contributed by atoms with van der Waals surface area (Å²) >= 11 is 1.76. The number of thiazole rings is 1. The van der Waals surface area contributed by atoms with Crippen LogP contribution in [-0.2, 0) is 4.79 Å². The molecular formula is C18H23N3O2S. The third-order valence-electron chi connectivity index (χ3n) is 4.42. The molecule has 1 saturated heterocycles. The van der Waals surface area contributed by atoms with Crippen LogP contribution < -0.4 is 4.74 Å². The number of hydrogen-bond donors (Lipinski definition) is 0. The summed E-state index contributed by atoms with van der Waals surface area (Å²) in [5.74, 6) is 0.998. The van der Waals surface area contributed by atoms with Gasteiger partial charge in [0.15, 0.2) is 6.10 Å². The third-order valence-corrected chi connectivity index (χ3v) is 5.66. The molecule has 0 saturated carbocycles. The van der Waals surface area contributed by atoms with Gasteiger partial charge in [0, 0.05) is 30.1 Å². The molecule has 6 heteroatoms. The van der Waals surface area contributed by atoms with Crippen molar-refractivity contribution in [3.05, 3.63) is 40.1 Å². The molecule has 0 bridgehead atoms. The molecule has 5 nitrogen and oxygen atoms in total. The number of likely N-dealkylation sites (tertiary alicyclic amines) is 1. The zero-order valence-electron chi connectivity index (χ0n) is 14.4. The SMILES string of the molecule is Cc1nc([C@@H]2CCCN(C(=O)[C@H](C)Oc3cccnc3)C2)sc1C. The quantitative estimate of drug-likeness (QED) is 0.853. The Morgan fingerprint density at radius 1 is 1.46 bits per heavy atom. The fourth-order valence-electron chi connectivity index (χ4n) is 2.98. The highest BCUT2D eigenvalue weighted by Crippen LogP contribution is 2.31. The summed E-state index contributed by atoms with van der Waals surface area (Å²) in [7, 11) is 0. The number of aryl methyl sites for hydroxylation is 2. The minimum Gasteiger partial charge on any atom is -0.479 e. The van der Waals surface area contributed by atoms with Gasteiger partial charge in [0.05, 0.1) is 16.9 Å². The maximum Gasteiger partial charge on any atom is 0.263 e. The fourth-order valence-corrected chi connectivity index (χ4v) is 4.03. The van der Waals surface area contributed by atoms with E-state index in [9.17, 15) is 4.79 Å². The van der Waals surface area contributed by atoms with Gasteiger partial charge in [0.1, 0.15) is 5.75 Å². The van der Waals surface area contributed by atoms with Gasteiger partial charge in [0.25, 0.3) is 5.91 Å². The van der Waals surface area contributed by atoms with Crippen LogP contribution in [0.25, 0.3) is 0 Å². The van der Waals surface area contributed by atoms with Gasteiger partial charge in [-0.2, -0.15) is 0 Å². The summed E-state index contributed by atoms with van der Waals surface area (Å²) in [5.41, 5.74) is 1.10. The molecule has 0 N–H and O–H groups in total. The standard InChI is InChI=1S/C18H23N3O2S/c1-12-14(3)24-17(20-12)15-6-5-9-21(11-15)18(22)13(2)23-16-7-4-8-19-10-16/h4,7-8,10,13,15H,5-6,9,11H2,1-3H3/t13-,15+/m0/s1. The molecule has 2 atom stereocenters. The largest absolute Gasteiger partial charge is 0.479 e. The molecule has 1 aliphatic rings. The molecule has 0 aromatic carbocycles. The highest BCUT2D eigenvalue weighted by atomic mass is 32.1. The van der Waals surface area contributed by atoms with Crippen molar-refractivity contribution in [3.63, 3.8) is 0 Å². The molecule has 2 aromatic heterocycles. The van der Waals surface area contributed by atoms with Crippen molar-refractivity contribution in [2.45, 2.75) is 45.6 Å². The second kappa shape index (κ2) is 7.30. The Bertz CT molecular complexity index is 682. The van der Waals surface area contributed by atoms with E-state index in [0.29, 0.717) is 11.7 Å². The van der Waals surface area contributed by atoms with Crippen LogP contribution >= 0.6 is 11.3 Å². The smallest absolute Gasteiger partial charge is 0.263 e. The van der Waals surface area contributed by atoms with Crippen LogP contribution in [0.1, 0.15) is 41.3 Å². The predicted molar refractivity (Wildman–Crippen MR) is 94.5 cm³/mol. The van der Waals surface area contributed by atoms with Crippen LogP contribution in [-0.4, -0.2) is 40.0 Å². The summed E-state index contributed by atoms with van der Waals surface area (Å²) in [6.45, 7) is 7.47. The van der Waals surface area contributed by atoms with Crippen LogP contribution in [0.4, 0.5) is 0 Å². The number of hydrogen-bond acceptors (Lipinski definition) is 5. The average molecular weight is 345 g/mol. The van der Waals surface area contributed by atoms with Gasteiger partial charge in [-0.1, -0.05) is 0 Å². The molecule has 0 unspecified atom stereocenters. The van der Waals surface area contributed by atoms with Gasteiger partial charge in [-0.05, 0) is 45.7 Å². The van der Waals surface area contributed by atoms with E-state index in [1.165, 1.54) is 4.88 Å². The highest BCUT2D eigenvalue weighted by molar-refractivity contribution is 7.11. The van der Waals surface area contributed by atoms with E-state index in [2.05, 4.69) is 16.9 Å². The number of carbonyl (C=O) groups excluding carboxylic acids is 1. The summed E-state index contributed by atoms with van der Waals surface area (Å²) in [4.78, 5) is 24.6. The molecule has 1 fully saturated rings. The number of ether oxygens (including phenoxy) is 1. The number of carbonyl (C=O) groups is 1. The lowest BCUT2D eigenvalue weighted by Gasteiger charge is -2.33. The fraction of sp³-hybridized carbons (Fsp3) is 0.500. The Labute approximate surface area is 146 Å². The van der Waals surface area contributed by atoms with Crippen LogP contribution in [0.3, 0.4) is 0 Å². The zero-order chi connectivity index (χ0) is 17.1. The maximum atomic E-state index is 12.7. The molecule has 2 aromatic rings. The van der Waals surface area contributed by atoms with E-state index in [-0.39, 0.29) is 5.91 Å². The van der Waals surface area contributed by atoms with Gasteiger partial charge >= 0.3 is 0 Å². The molecule has 1 aliphatic heterocycles. The van der Waals surface area contributed by atoms with E-state index >= 15 is 0 Å². The Morgan fingerprint density at radius 2 is 2.29 bits per heavy atom. The van der Waals surface area contributed by atoms with E-state index in [0.717, 1.165) is 36.6 Å². The first kappa shape index (κ1) is 16.9. The number of aromatic nitrogens is 2. The first-order valence-corrected chi connectivity index (χ1v) is 9.15. The van der Waals surface area contributed by atoms with Gasteiger partial charge in [0.2, 0.25) is 0 Å². The summed E-state index contributed by atoms with van der Waals surface area (Å²) in [5, 5.41) is 1.16. The minimum absolute atomic E-state index is 0.0357. The Balaban J connectivity index is 1.64. The molecular weight excluding hydrogens is 322 g/mol. The van der Waals surface area contributed by atoms with Crippen molar-refractivity contribution >= 4 is 17.2 Å². The zero-order valence-corrected chi connectivity index (χ0v) is 15.2. The molecule has 128 valence electrons. The number of pyridine rings is 1. The Kier molecular flexibility index (Phi) is 5.14. The maximum absolute atomic E-state index is 12.7. The van der Waals surface area contributed by atoms with Gasteiger partial charge in [-0.15, -0.1) is 11.3 Å². The summed E-state index contributed by atoms with van der Waals surface area (Å²) in [6.07, 6.45) is 4.91. The van der Waals surface area contributed by atoms with Gasteiger partial charge in [-0.25, -0.2) is 4.98 Å². The average Bonchev–Trinajstić information content (AvgIpc) is 2.94. The van der Waals surface area contributed by atoms with Crippen molar-refractivity contribution in [1.82, 2.24) is 14.9 Å². The lowest BCUT2D eigenvalue weighted by molar-refractivity contribution is -0.139. The summed E-state index contributed by atoms with van der Waals surface area (Å²) < 4.78 is 5.73. The van der Waals surface area contributed by atoms with E-state index in [1.54, 1.807) is 36.7 Å². The van der Waals surface area contributed by atoms with Crippen molar-refractivity contribution in [1.29, 1.82) is 0 Å². The molecule has 3 rings (SSSR count). The number of rotatable bonds is 4. The van der Waals surface area contributed by atoms with E-state index in [1.807, 2.05) is 17.9 Å². The molecule has 0 spiro atoms. The molecule has 24 heavy (non-hydrogen) atoms. The highest BCUT2D eigenvalue weighted by Gasteiger charge is 2.30. The van der Waals surface area contributed by atoms with Crippen LogP contribution in [0.5, 0.6) is 5.75 Å². The third kappa shape index (κ3) is 3.75. The molecule has 3 heterocycles. The second-order valence-electron chi connectivity index (χ2n) is 6.27. The van der Waals surface area contributed by atoms with Gasteiger partial charge in [-0.3, -0.25) is 9.78 Å². The first-order valence-electron chi connectivity index (χ1n) is 8.34. The molecule has 0 radical (unpaired) electrons. The van der Waals surface area contributed by atoms with Gasteiger partial charge < -0.3 is 9.64 Å². The number of nitrogens with zero attached hydrogens (tertiary/aromatic N) is 3. The Morgan fingerprint density at radius 3 is 2.96 bits per heavy atom. The van der Waals surface area contributed by atoms with Crippen LogP contribution in [0.15, 0.2) is 24.5 Å².